The van der Waals surface area contributed by atoms with Crippen molar-refractivity contribution in [3.63, 3.8) is 0 Å². The second kappa shape index (κ2) is 8.60. The van der Waals surface area contributed by atoms with E-state index in [0.29, 0.717) is 11.6 Å². The Bertz CT molecular complexity index is 736. The Kier molecular flexibility index (Phi) is 6.51. The van der Waals surface area contributed by atoms with Crippen LogP contribution in [0.25, 0.3) is 0 Å². The van der Waals surface area contributed by atoms with Gasteiger partial charge in [-0.1, -0.05) is 19.9 Å². The molecule has 0 aliphatic heterocycles. The number of aromatic nitrogens is 2. The molecule has 0 atom stereocenters. The smallest absolute Gasteiger partial charge is 0.272 e. The third-order valence-electron chi connectivity index (χ3n) is 4.11. The van der Waals surface area contributed by atoms with Crippen LogP contribution in [0.2, 0.25) is 0 Å². The molecule has 0 saturated heterocycles. The maximum absolute atomic E-state index is 12.8. The summed E-state index contributed by atoms with van der Waals surface area (Å²) in [7, 11) is 0. The number of aryl methyl sites for hydroxylation is 3. The van der Waals surface area contributed by atoms with E-state index in [9.17, 15) is 4.79 Å². The molecule has 1 amide bonds. The van der Waals surface area contributed by atoms with Gasteiger partial charge in [-0.2, -0.15) is 0 Å². The molecule has 0 fully saturated rings. The SMILES string of the molecule is CCCN(CCC)C(=O)c1cc(C)nc(Nc2ccc(C)c(C)c2)n1. The van der Waals surface area contributed by atoms with Crippen LogP contribution in [0.5, 0.6) is 0 Å². The zero-order valence-corrected chi connectivity index (χ0v) is 15.9. The maximum atomic E-state index is 12.8. The Morgan fingerprint density at radius 2 is 1.68 bits per heavy atom. The van der Waals surface area contributed by atoms with Crippen LogP contribution >= 0.6 is 0 Å². The summed E-state index contributed by atoms with van der Waals surface area (Å²) in [6.45, 7) is 11.7. The molecule has 0 bridgehead atoms. The van der Waals surface area contributed by atoms with Gasteiger partial charge in [-0.15, -0.1) is 0 Å². The number of nitrogens with one attached hydrogen (secondary N) is 1. The minimum Gasteiger partial charge on any atom is -0.337 e. The molecule has 0 spiro atoms. The number of hydrogen-bond donors (Lipinski definition) is 1. The Labute approximate surface area is 150 Å². The van der Waals surface area contributed by atoms with Gasteiger partial charge in [0, 0.05) is 24.5 Å². The molecular formula is C20H28N4O. The number of rotatable bonds is 7. The quantitative estimate of drug-likeness (QED) is 0.811. The van der Waals surface area contributed by atoms with Crippen LogP contribution < -0.4 is 5.32 Å². The van der Waals surface area contributed by atoms with Crippen LogP contribution in [-0.2, 0) is 0 Å². The number of amides is 1. The second-order valence-electron chi connectivity index (χ2n) is 6.43. The lowest BCUT2D eigenvalue weighted by atomic mass is 10.1. The van der Waals surface area contributed by atoms with E-state index in [2.05, 4.69) is 55.1 Å². The molecular weight excluding hydrogens is 312 g/mol. The van der Waals surface area contributed by atoms with Gasteiger partial charge in [0.2, 0.25) is 5.95 Å². The normalized spacial score (nSPS) is 10.6. The van der Waals surface area contributed by atoms with Gasteiger partial charge in [0.05, 0.1) is 0 Å². The van der Waals surface area contributed by atoms with Crippen LogP contribution in [0.4, 0.5) is 11.6 Å². The Morgan fingerprint density at radius 1 is 1.00 bits per heavy atom. The monoisotopic (exact) mass is 340 g/mol. The zero-order chi connectivity index (χ0) is 18.4. The molecule has 0 unspecified atom stereocenters. The minimum absolute atomic E-state index is 0.0302. The molecule has 2 rings (SSSR count). The number of anilines is 2. The van der Waals surface area contributed by atoms with Gasteiger partial charge in [0.15, 0.2) is 0 Å². The highest BCUT2D eigenvalue weighted by molar-refractivity contribution is 5.92. The van der Waals surface area contributed by atoms with Crippen LogP contribution in [0, 0.1) is 20.8 Å². The first-order valence-electron chi connectivity index (χ1n) is 8.93. The van der Waals surface area contributed by atoms with Crippen molar-refractivity contribution >= 4 is 17.5 Å². The van der Waals surface area contributed by atoms with Gasteiger partial charge in [-0.25, -0.2) is 9.97 Å². The predicted molar refractivity (Wildman–Crippen MR) is 102 cm³/mol. The molecule has 1 heterocycles. The van der Waals surface area contributed by atoms with Gasteiger partial charge in [0.25, 0.3) is 5.91 Å². The van der Waals surface area contributed by atoms with Crippen molar-refractivity contribution < 1.29 is 4.79 Å². The van der Waals surface area contributed by atoms with Gasteiger partial charge in [0.1, 0.15) is 5.69 Å². The number of nitrogens with zero attached hydrogens (tertiary/aromatic N) is 3. The topological polar surface area (TPSA) is 58.1 Å². The maximum Gasteiger partial charge on any atom is 0.272 e. The molecule has 1 aromatic heterocycles. The molecule has 0 radical (unpaired) electrons. The van der Waals surface area contributed by atoms with E-state index in [4.69, 9.17) is 0 Å². The van der Waals surface area contributed by atoms with Crippen molar-refractivity contribution in [3.05, 3.63) is 46.8 Å². The average Bonchev–Trinajstić information content (AvgIpc) is 2.57. The van der Waals surface area contributed by atoms with Crippen LogP contribution in [0.15, 0.2) is 24.3 Å². The van der Waals surface area contributed by atoms with E-state index >= 15 is 0 Å². The molecule has 25 heavy (non-hydrogen) atoms. The first-order chi connectivity index (χ1) is 11.9. The molecule has 0 saturated carbocycles. The molecule has 0 aliphatic rings. The lowest BCUT2D eigenvalue weighted by molar-refractivity contribution is 0.0749. The molecule has 1 aromatic carbocycles. The summed E-state index contributed by atoms with van der Waals surface area (Å²) in [5.41, 5.74) is 4.58. The number of hydrogen-bond acceptors (Lipinski definition) is 4. The van der Waals surface area contributed by atoms with Crippen molar-refractivity contribution in [2.24, 2.45) is 0 Å². The fraction of sp³-hybridized carbons (Fsp3) is 0.450. The predicted octanol–water partition coefficient (Wildman–Crippen LogP) is 4.41. The van der Waals surface area contributed by atoms with Gasteiger partial charge in [-0.3, -0.25) is 4.79 Å². The summed E-state index contributed by atoms with van der Waals surface area (Å²) in [5.74, 6) is 0.428. The summed E-state index contributed by atoms with van der Waals surface area (Å²) < 4.78 is 0. The Balaban J connectivity index is 2.26. The highest BCUT2D eigenvalue weighted by Crippen LogP contribution is 2.18. The first-order valence-corrected chi connectivity index (χ1v) is 8.93. The third-order valence-corrected chi connectivity index (χ3v) is 4.11. The standard InChI is InChI=1S/C20H28N4O/c1-6-10-24(11-7-2)19(25)18-13-16(5)21-20(23-18)22-17-9-8-14(3)15(4)12-17/h8-9,12-13H,6-7,10-11H2,1-5H3,(H,21,22,23). The van der Waals surface area contributed by atoms with Gasteiger partial charge in [-0.05, 0) is 62.9 Å². The zero-order valence-electron chi connectivity index (χ0n) is 15.9. The Morgan fingerprint density at radius 3 is 2.28 bits per heavy atom. The molecule has 5 nitrogen and oxygen atoms in total. The van der Waals surface area contributed by atoms with Gasteiger partial charge < -0.3 is 10.2 Å². The largest absolute Gasteiger partial charge is 0.337 e. The Hall–Kier alpha value is -2.43. The summed E-state index contributed by atoms with van der Waals surface area (Å²) in [4.78, 5) is 23.5. The number of benzene rings is 1. The van der Waals surface area contributed by atoms with E-state index in [1.165, 1.54) is 11.1 Å². The van der Waals surface area contributed by atoms with Crippen molar-refractivity contribution in [3.8, 4) is 0 Å². The van der Waals surface area contributed by atoms with Crippen molar-refractivity contribution in [2.75, 3.05) is 18.4 Å². The fourth-order valence-corrected chi connectivity index (χ4v) is 2.70. The van der Waals surface area contributed by atoms with E-state index in [1.807, 2.05) is 17.9 Å². The molecule has 2 aromatic rings. The fourth-order valence-electron chi connectivity index (χ4n) is 2.70. The number of carbonyl (C=O) groups excluding carboxylic acids is 1. The highest BCUT2D eigenvalue weighted by atomic mass is 16.2. The lowest BCUT2D eigenvalue weighted by Gasteiger charge is -2.21. The average molecular weight is 340 g/mol. The molecule has 5 heteroatoms. The summed E-state index contributed by atoms with van der Waals surface area (Å²) in [5, 5.41) is 3.22. The summed E-state index contributed by atoms with van der Waals surface area (Å²) in [6, 6.07) is 7.87. The molecule has 134 valence electrons. The second-order valence-corrected chi connectivity index (χ2v) is 6.43. The highest BCUT2D eigenvalue weighted by Gasteiger charge is 2.17. The van der Waals surface area contributed by atoms with E-state index < -0.39 is 0 Å². The summed E-state index contributed by atoms with van der Waals surface area (Å²) >= 11 is 0. The summed E-state index contributed by atoms with van der Waals surface area (Å²) in [6.07, 6.45) is 1.87. The van der Waals surface area contributed by atoms with E-state index in [-0.39, 0.29) is 5.91 Å². The van der Waals surface area contributed by atoms with Gasteiger partial charge >= 0.3 is 0 Å². The van der Waals surface area contributed by atoms with Crippen molar-refractivity contribution in [1.82, 2.24) is 14.9 Å². The third kappa shape index (κ3) is 5.02. The van der Waals surface area contributed by atoms with Crippen LogP contribution in [0.1, 0.15) is 54.0 Å². The van der Waals surface area contributed by atoms with Crippen LogP contribution in [0.3, 0.4) is 0 Å². The molecule has 1 N–H and O–H groups in total. The van der Waals surface area contributed by atoms with Crippen LogP contribution in [-0.4, -0.2) is 33.9 Å². The van der Waals surface area contributed by atoms with E-state index in [0.717, 1.165) is 37.3 Å². The van der Waals surface area contributed by atoms with E-state index in [1.54, 1.807) is 6.07 Å². The lowest BCUT2D eigenvalue weighted by Crippen LogP contribution is -2.33. The number of carbonyl (C=O) groups is 1. The first kappa shape index (κ1) is 18.9. The van der Waals surface area contributed by atoms with Crippen molar-refractivity contribution in [1.29, 1.82) is 0 Å². The minimum atomic E-state index is -0.0302. The van der Waals surface area contributed by atoms with Crippen molar-refractivity contribution in [2.45, 2.75) is 47.5 Å². The molecule has 0 aliphatic carbocycles.